The van der Waals surface area contributed by atoms with Gasteiger partial charge in [0.25, 0.3) is 0 Å². The van der Waals surface area contributed by atoms with E-state index >= 15 is 0 Å². The molecule has 4 nitrogen and oxygen atoms in total. The monoisotopic (exact) mass is 390 g/mol. The maximum absolute atomic E-state index is 13.0. The predicted molar refractivity (Wildman–Crippen MR) is 104 cm³/mol. The zero-order chi connectivity index (χ0) is 18.2. The Morgan fingerprint density at radius 2 is 1.69 bits per heavy atom. The van der Waals surface area contributed by atoms with Crippen LogP contribution in [0, 0.1) is 0 Å². The molecule has 0 bridgehead atoms. The van der Waals surface area contributed by atoms with Crippen molar-refractivity contribution in [3.05, 3.63) is 65.2 Å². The fourth-order valence-electron chi connectivity index (χ4n) is 4.28. The number of sulfonamides is 1. The molecule has 2 aliphatic rings. The molecule has 26 heavy (non-hydrogen) atoms. The first-order valence-electron chi connectivity index (χ1n) is 9.04. The van der Waals surface area contributed by atoms with Gasteiger partial charge in [0.1, 0.15) is 0 Å². The molecule has 2 aromatic rings. The molecule has 6 heteroatoms. The van der Waals surface area contributed by atoms with Crippen LogP contribution in [0.4, 0.5) is 0 Å². The van der Waals surface area contributed by atoms with Gasteiger partial charge in [-0.2, -0.15) is 4.31 Å². The van der Waals surface area contributed by atoms with E-state index in [0.717, 1.165) is 37.4 Å². The number of hydrogen-bond acceptors (Lipinski definition) is 3. The number of benzene rings is 2. The highest BCUT2D eigenvalue weighted by atomic mass is 35.5. The Bertz CT molecular complexity index is 870. The zero-order valence-electron chi connectivity index (χ0n) is 14.6. The first-order valence-corrected chi connectivity index (χ1v) is 10.9. The average molecular weight is 391 g/mol. The zero-order valence-corrected chi connectivity index (χ0v) is 16.2. The van der Waals surface area contributed by atoms with Crippen molar-refractivity contribution in [2.45, 2.75) is 36.2 Å². The number of hydrogen-bond donors (Lipinski definition) is 0. The Morgan fingerprint density at radius 3 is 2.42 bits per heavy atom. The van der Waals surface area contributed by atoms with E-state index in [1.54, 1.807) is 28.6 Å². The van der Waals surface area contributed by atoms with Crippen LogP contribution in [0.15, 0.2) is 59.5 Å². The van der Waals surface area contributed by atoms with Crippen LogP contribution in [0.1, 0.15) is 24.8 Å². The minimum absolute atomic E-state index is 0.0402. The molecule has 2 saturated heterocycles. The van der Waals surface area contributed by atoms with Crippen molar-refractivity contribution < 1.29 is 8.42 Å². The van der Waals surface area contributed by atoms with E-state index in [-0.39, 0.29) is 5.54 Å². The second-order valence-corrected chi connectivity index (χ2v) is 9.65. The van der Waals surface area contributed by atoms with Crippen molar-refractivity contribution in [3.8, 4) is 0 Å². The highest BCUT2D eigenvalue weighted by molar-refractivity contribution is 7.89. The average Bonchev–Trinajstić information content (AvgIpc) is 3.26. The van der Waals surface area contributed by atoms with Crippen LogP contribution < -0.4 is 0 Å². The fraction of sp³-hybridized carbons (Fsp3) is 0.400. The summed E-state index contributed by atoms with van der Waals surface area (Å²) >= 11 is 5.99. The molecule has 2 aromatic carbocycles. The van der Waals surface area contributed by atoms with Crippen molar-refractivity contribution >= 4 is 21.6 Å². The molecule has 0 N–H and O–H groups in total. The van der Waals surface area contributed by atoms with Crippen LogP contribution in [-0.2, 0) is 16.6 Å². The summed E-state index contributed by atoms with van der Waals surface area (Å²) in [5, 5.41) is 0.742. The number of likely N-dealkylation sites (tertiary alicyclic amines) is 1. The van der Waals surface area contributed by atoms with Crippen molar-refractivity contribution in [3.63, 3.8) is 0 Å². The van der Waals surface area contributed by atoms with E-state index in [2.05, 4.69) is 17.0 Å². The number of rotatable bonds is 4. The van der Waals surface area contributed by atoms with Crippen LogP contribution in [-0.4, -0.2) is 42.8 Å². The molecule has 0 aromatic heterocycles. The topological polar surface area (TPSA) is 40.6 Å². The molecule has 0 saturated carbocycles. The lowest BCUT2D eigenvalue weighted by Gasteiger charge is -2.35. The maximum Gasteiger partial charge on any atom is 0.243 e. The van der Waals surface area contributed by atoms with Gasteiger partial charge in [0.2, 0.25) is 10.0 Å². The summed E-state index contributed by atoms with van der Waals surface area (Å²) in [7, 11) is -3.41. The van der Waals surface area contributed by atoms with Gasteiger partial charge < -0.3 is 0 Å². The molecule has 1 atom stereocenters. The lowest BCUT2D eigenvalue weighted by Crippen LogP contribution is -2.46. The fourth-order valence-corrected chi connectivity index (χ4v) is 5.95. The van der Waals surface area contributed by atoms with Gasteiger partial charge in [0, 0.05) is 30.2 Å². The Morgan fingerprint density at radius 1 is 0.962 bits per heavy atom. The summed E-state index contributed by atoms with van der Waals surface area (Å²) in [6.45, 7) is 3.03. The van der Waals surface area contributed by atoms with E-state index in [9.17, 15) is 8.42 Å². The molecule has 2 heterocycles. The molecular formula is C20H23ClN2O2S. The lowest BCUT2D eigenvalue weighted by atomic mass is 9.95. The molecule has 0 radical (unpaired) electrons. The first kappa shape index (κ1) is 18.0. The third kappa shape index (κ3) is 3.29. The largest absolute Gasteiger partial charge is 0.292 e. The maximum atomic E-state index is 13.0. The summed E-state index contributed by atoms with van der Waals surface area (Å²) in [5.41, 5.74) is 1.18. The standard InChI is InChI=1S/C20H23ClN2O2S/c21-18-9-7-17(8-10-18)15-22-13-4-11-20(22)12-14-23(16-20)26(24,25)19-5-2-1-3-6-19/h1-3,5-10H,4,11-16H2/t20-/m0/s1. The van der Waals surface area contributed by atoms with E-state index in [1.807, 2.05) is 18.2 Å². The summed E-state index contributed by atoms with van der Waals surface area (Å²) in [6.07, 6.45) is 3.07. The van der Waals surface area contributed by atoms with Gasteiger partial charge in [-0.1, -0.05) is 41.9 Å². The van der Waals surface area contributed by atoms with Gasteiger partial charge >= 0.3 is 0 Å². The Labute approximate surface area is 160 Å². The van der Waals surface area contributed by atoms with E-state index in [1.165, 1.54) is 5.56 Å². The molecule has 1 spiro atoms. The number of nitrogens with zero attached hydrogens (tertiary/aromatic N) is 2. The first-order chi connectivity index (χ1) is 12.5. The van der Waals surface area contributed by atoms with Crippen LogP contribution in [0.5, 0.6) is 0 Å². The Hall–Kier alpha value is -1.40. The summed E-state index contributed by atoms with van der Waals surface area (Å²) in [6, 6.07) is 16.7. The molecule has 4 rings (SSSR count). The smallest absolute Gasteiger partial charge is 0.243 e. The summed E-state index contributed by atoms with van der Waals surface area (Å²) < 4.78 is 27.6. The van der Waals surface area contributed by atoms with E-state index in [4.69, 9.17) is 11.6 Å². The van der Waals surface area contributed by atoms with Gasteiger partial charge in [0.15, 0.2) is 0 Å². The second kappa shape index (κ2) is 6.97. The minimum atomic E-state index is -3.41. The molecule has 2 aliphatic heterocycles. The quantitative estimate of drug-likeness (QED) is 0.797. The Kier molecular flexibility index (Phi) is 4.82. The van der Waals surface area contributed by atoms with Gasteiger partial charge in [-0.05, 0) is 55.6 Å². The van der Waals surface area contributed by atoms with E-state index < -0.39 is 10.0 Å². The van der Waals surface area contributed by atoms with Crippen molar-refractivity contribution in [2.75, 3.05) is 19.6 Å². The lowest BCUT2D eigenvalue weighted by molar-refractivity contribution is 0.142. The van der Waals surface area contributed by atoms with Gasteiger partial charge in [0.05, 0.1) is 4.90 Å². The van der Waals surface area contributed by atoms with Crippen molar-refractivity contribution in [2.24, 2.45) is 0 Å². The molecule has 138 valence electrons. The molecule has 0 amide bonds. The van der Waals surface area contributed by atoms with Gasteiger partial charge in [-0.15, -0.1) is 0 Å². The van der Waals surface area contributed by atoms with Crippen LogP contribution in [0.2, 0.25) is 5.02 Å². The van der Waals surface area contributed by atoms with Gasteiger partial charge in [-0.25, -0.2) is 8.42 Å². The molecular weight excluding hydrogens is 368 g/mol. The third-order valence-electron chi connectivity index (χ3n) is 5.71. The molecule has 0 unspecified atom stereocenters. The minimum Gasteiger partial charge on any atom is -0.292 e. The summed E-state index contributed by atoms with van der Waals surface area (Å²) in [5.74, 6) is 0. The predicted octanol–water partition coefficient (Wildman–Crippen LogP) is 3.77. The highest BCUT2D eigenvalue weighted by Crippen LogP contribution is 2.40. The van der Waals surface area contributed by atoms with E-state index in [0.29, 0.717) is 18.0 Å². The van der Waals surface area contributed by atoms with Crippen molar-refractivity contribution in [1.29, 1.82) is 0 Å². The van der Waals surface area contributed by atoms with Crippen LogP contribution in [0.3, 0.4) is 0 Å². The van der Waals surface area contributed by atoms with Gasteiger partial charge in [-0.3, -0.25) is 4.90 Å². The second-order valence-electron chi connectivity index (χ2n) is 7.28. The Balaban J connectivity index is 1.53. The van der Waals surface area contributed by atoms with Crippen LogP contribution >= 0.6 is 11.6 Å². The van der Waals surface area contributed by atoms with Crippen molar-refractivity contribution in [1.82, 2.24) is 9.21 Å². The summed E-state index contributed by atoms with van der Waals surface area (Å²) in [4.78, 5) is 2.86. The molecule has 0 aliphatic carbocycles. The highest BCUT2D eigenvalue weighted by Gasteiger charge is 2.48. The SMILES string of the molecule is O=S(=O)(c1ccccc1)N1CC[C@@]2(CCCN2Cc2ccc(Cl)cc2)C1. The number of halogens is 1. The third-order valence-corrected chi connectivity index (χ3v) is 7.82. The normalized spacial score (nSPS) is 24.5. The molecule has 2 fully saturated rings. The van der Waals surface area contributed by atoms with Crippen LogP contribution in [0.25, 0.3) is 0 Å².